The van der Waals surface area contributed by atoms with Crippen LogP contribution in [0.5, 0.6) is 0 Å². The molecular formula is C8H4F2O3. The highest BCUT2D eigenvalue weighted by molar-refractivity contribution is 6.04. The molecule has 5 heteroatoms. The van der Waals surface area contributed by atoms with Crippen molar-refractivity contribution in [1.82, 2.24) is 0 Å². The quantitative estimate of drug-likeness (QED) is 0.415. The fourth-order valence-corrected chi connectivity index (χ4v) is 1.34. The van der Waals surface area contributed by atoms with Gasteiger partial charge in [0.2, 0.25) is 5.67 Å². The highest BCUT2D eigenvalue weighted by atomic mass is 19.1. The molecule has 0 aromatic rings. The molecule has 0 bridgehead atoms. The van der Waals surface area contributed by atoms with Gasteiger partial charge in [-0.1, -0.05) is 6.08 Å². The van der Waals surface area contributed by atoms with Gasteiger partial charge in [0.25, 0.3) is 0 Å². The highest BCUT2D eigenvalue weighted by Gasteiger charge is 2.58. The molecule has 0 aromatic carbocycles. The third-order valence-corrected chi connectivity index (χ3v) is 2.01. The van der Waals surface area contributed by atoms with Crippen molar-refractivity contribution in [3.63, 3.8) is 0 Å². The summed E-state index contributed by atoms with van der Waals surface area (Å²) in [6, 6.07) is 0. The molecule has 1 fully saturated rings. The Kier molecular flexibility index (Phi) is 1.40. The number of hydrogen-bond donors (Lipinski definition) is 0. The Labute approximate surface area is 71.7 Å². The van der Waals surface area contributed by atoms with E-state index < -0.39 is 29.4 Å². The Morgan fingerprint density at radius 1 is 1.46 bits per heavy atom. The zero-order chi connectivity index (χ0) is 9.64. The smallest absolute Gasteiger partial charge is 0.357 e. The molecule has 1 aliphatic heterocycles. The maximum Gasteiger partial charge on any atom is 0.357 e. The number of carbonyl (C=O) groups excluding carboxylic acids is 2. The fraction of sp³-hybridized carbons (Fsp3) is 0.250. The number of ether oxygens (including phenoxy) is 1. The summed E-state index contributed by atoms with van der Waals surface area (Å²) in [6.45, 7) is 0. The van der Waals surface area contributed by atoms with Gasteiger partial charge in [0, 0.05) is 6.08 Å². The van der Waals surface area contributed by atoms with Gasteiger partial charge in [0.1, 0.15) is 11.7 Å². The van der Waals surface area contributed by atoms with Crippen LogP contribution in [0.15, 0.2) is 24.1 Å². The van der Waals surface area contributed by atoms with Gasteiger partial charge in [-0.05, 0) is 6.08 Å². The maximum atomic E-state index is 13.6. The second-order valence-electron chi connectivity index (χ2n) is 2.84. The van der Waals surface area contributed by atoms with Crippen molar-refractivity contribution in [2.75, 3.05) is 0 Å². The molecule has 3 nitrogen and oxygen atoms in total. The van der Waals surface area contributed by atoms with Crippen molar-refractivity contribution < 1.29 is 23.1 Å². The van der Waals surface area contributed by atoms with Crippen molar-refractivity contribution in [3.05, 3.63) is 24.1 Å². The number of esters is 2. The molecule has 13 heavy (non-hydrogen) atoms. The average Bonchev–Trinajstić information content (AvgIpc) is 2.23. The van der Waals surface area contributed by atoms with E-state index in [0.717, 1.165) is 12.2 Å². The minimum Gasteiger partial charge on any atom is -0.390 e. The molecule has 68 valence electrons. The summed E-state index contributed by atoms with van der Waals surface area (Å²) in [5.41, 5.74) is -2.64. The molecule has 0 spiro atoms. The summed E-state index contributed by atoms with van der Waals surface area (Å²) < 4.78 is 30.2. The molecule has 0 radical (unpaired) electrons. The lowest BCUT2D eigenvalue weighted by molar-refractivity contribution is -0.154. The summed E-state index contributed by atoms with van der Waals surface area (Å²) in [4.78, 5) is 21.7. The summed E-state index contributed by atoms with van der Waals surface area (Å²) in [6.07, 6.45) is 2.38. The van der Waals surface area contributed by atoms with Crippen LogP contribution in [0.2, 0.25) is 0 Å². The molecule has 0 aromatic heterocycles. The van der Waals surface area contributed by atoms with Crippen molar-refractivity contribution in [2.24, 2.45) is 5.92 Å². The number of carbonyl (C=O) groups is 2. The van der Waals surface area contributed by atoms with Gasteiger partial charge in [-0.25, -0.2) is 13.6 Å². The molecule has 2 rings (SSSR count). The normalized spacial score (nSPS) is 37.1. The topological polar surface area (TPSA) is 43.4 Å². The molecule has 2 aliphatic rings. The van der Waals surface area contributed by atoms with Crippen LogP contribution in [-0.2, 0) is 14.3 Å². The fourth-order valence-electron chi connectivity index (χ4n) is 1.34. The van der Waals surface area contributed by atoms with E-state index in [9.17, 15) is 18.4 Å². The predicted molar refractivity (Wildman–Crippen MR) is 36.8 cm³/mol. The molecular weight excluding hydrogens is 182 g/mol. The van der Waals surface area contributed by atoms with Crippen LogP contribution in [-0.4, -0.2) is 17.6 Å². The van der Waals surface area contributed by atoms with Crippen molar-refractivity contribution in [3.8, 4) is 0 Å². The van der Waals surface area contributed by atoms with E-state index in [4.69, 9.17) is 0 Å². The lowest BCUT2D eigenvalue weighted by Crippen LogP contribution is -2.35. The number of halogens is 2. The molecule has 1 saturated heterocycles. The molecule has 0 amide bonds. The van der Waals surface area contributed by atoms with E-state index in [1.54, 1.807) is 0 Å². The SMILES string of the molecule is O=C1OC(=O)C2(F)C=C(F)C=CC12. The average molecular weight is 186 g/mol. The van der Waals surface area contributed by atoms with E-state index in [1.165, 1.54) is 0 Å². The molecule has 1 aliphatic carbocycles. The largest absolute Gasteiger partial charge is 0.390 e. The monoisotopic (exact) mass is 186 g/mol. The first-order valence-corrected chi connectivity index (χ1v) is 3.55. The first-order chi connectivity index (χ1) is 6.04. The van der Waals surface area contributed by atoms with Gasteiger partial charge in [-0.15, -0.1) is 0 Å². The third kappa shape index (κ3) is 0.929. The van der Waals surface area contributed by atoms with Gasteiger partial charge >= 0.3 is 11.9 Å². The number of hydrogen-bond acceptors (Lipinski definition) is 3. The minimum absolute atomic E-state index is 0.463. The van der Waals surface area contributed by atoms with E-state index in [1.807, 2.05) is 0 Å². The van der Waals surface area contributed by atoms with Gasteiger partial charge in [0.15, 0.2) is 0 Å². The van der Waals surface area contributed by atoms with Crippen LogP contribution in [0.4, 0.5) is 8.78 Å². The second kappa shape index (κ2) is 2.25. The van der Waals surface area contributed by atoms with Crippen LogP contribution >= 0.6 is 0 Å². The predicted octanol–water partition coefficient (Wildman–Crippen LogP) is 0.817. The van der Waals surface area contributed by atoms with Gasteiger partial charge in [0.05, 0.1) is 0 Å². The molecule has 2 atom stereocenters. The van der Waals surface area contributed by atoms with Crippen LogP contribution < -0.4 is 0 Å². The number of cyclic esters (lactones) is 2. The summed E-state index contributed by atoms with van der Waals surface area (Å²) in [7, 11) is 0. The van der Waals surface area contributed by atoms with Gasteiger partial charge in [-0.3, -0.25) is 4.79 Å². The second-order valence-corrected chi connectivity index (χ2v) is 2.84. The van der Waals surface area contributed by atoms with Gasteiger partial charge in [-0.2, -0.15) is 0 Å². The Hall–Kier alpha value is -1.52. The Balaban J connectivity index is 2.51. The first kappa shape index (κ1) is 8.10. The maximum absolute atomic E-state index is 13.6. The molecule has 2 unspecified atom stereocenters. The Morgan fingerprint density at radius 2 is 2.15 bits per heavy atom. The van der Waals surface area contributed by atoms with Crippen molar-refractivity contribution >= 4 is 11.9 Å². The van der Waals surface area contributed by atoms with Crippen molar-refractivity contribution in [2.45, 2.75) is 5.67 Å². The zero-order valence-electron chi connectivity index (χ0n) is 6.29. The van der Waals surface area contributed by atoms with E-state index in [0.29, 0.717) is 6.08 Å². The van der Waals surface area contributed by atoms with Crippen LogP contribution in [0, 0.1) is 5.92 Å². The number of allylic oxidation sites excluding steroid dienone is 2. The summed E-state index contributed by atoms with van der Waals surface area (Å²) >= 11 is 0. The van der Waals surface area contributed by atoms with Crippen molar-refractivity contribution in [1.29, 1.82) is 0 Å². The Morgan fingerprint density at radius 3 is 2.85 bits per heavy atom. The number of rotatable bonds is 0. The summed E-state index contributed by atoms with van der Waals surface area (Å²) in [5.74, 6) is -4.54. The molecule has 0 N–H and O–H groups in total. The van der Waals surface area contributed by atoms with Crippen LogP contribution in [0.3, 0.4) is 0 Å². The molecule has 1 heterocycles. The zero-order valence-corrected chi connectivity index (χ0v) is 6.29. The standard InChI is InChI=1S/C8H4F2O3/c9-4-1-2-5-6(11)13-7(12)8(5,10)3-4/h1-3,5H. The number of alkyl halides is 1. The lowest BCUT2D eigenvalue weighted by atomic mass is 9.87. The van der Waals surface area contributed by atoms with E-state index in [2.05, 4.69) is 4.74 Å². The van der Waals surface area contributed by atoms with E-state index >= 15 is 0 Å². The Bertz CT molecular complexity index is 358. The highest BCUT2D eigenvalue weighted by Crippen LogP contribution is 2.38. The number of fused-ring (bicyclic) bond motifs is 1. The van der Waals surface area contributed by atoms with Crippen LogP contribution in [0.1, 0.15) is 0 Å². The lowest BCUT2D eigenvalue weighted by Gasteiger charge is -2.16. The minimum atomic E-state index is -2.64. The van der Waals surface area contributed by atoms with E-state index in [-0.39, 0.29) is 0 Å². The summed E-state index contributed by atoms with van der Waals surface area (Å²) in [5, 5.41) is 0. The third-order valence-electron chi connectivity index (χ3n) is 2.01. The molecule has 0 saturated carbocycles. The van der Waals surface area contributed by atoms with Gasteiger partial charge < -0.3 is 4.74 Å². The van der Waals surface area contributed by atoms with Crippen LogP contribution in [0.25, 0.3) is 0 Å². The first-order valence-electron chi connectivity index (χ1n) is 3.55.